The van der Waals surface area contributed by atoms with Crippen LogP contribution in [0.3, 0.4) is 0 Å². The molecule has 438 valence electrons. The number of Topliss-reactive ketones (excluding diaryl/α,β-unsaturated/α-hetero) is 1. The minimum atomic E-state index is -4.49. The van der Waals surface area contributed by atoms with Gasteiger partial charge in [0.05, 0.1) is 34.2 Å². The normalized spacial score (nSPS) is 13.9. The Bertz CT molecular complexity index is 1490. The number of hydrogen-bond donors (Lipinski definition) is 1. The molecule has 0 radical (unpaired) electrons. The molecule has 0 aromatic carbocycles. The molecule has 0 spiro atoms. The van der Waals surface area contributed by atoms with E-state index in [0.717, 1.165) is 64.2 Å². The molecule has 0 aliphatic carbocycles. The number of hydrogen-bond acceptors (Lipinski definition) is 8. The molecule has 1 N–H and O–H groups in total. The van der Waals surface area contributed by atoms with E-state index in [2.05, 4.69) is 63.3 Å². The van der Waals surface area contributed by atoms with Crippen LogP contribution in [0.4, 0.5) is 0 Å². The minimum absolute atomic E-state index is 0.0116. The molecule has 3 atom stereocenters. The molecule has 0 fully saturated rings. The molecule has 0 aliphatic rings. The number of carbonyl (C=O) groups excluding carboxylic acids is 3. The van der Waals surface area contributed by atoms with Gasteiger partial charge in [-0.25, -0.2) is 4.57 Å². The first kappa shape index (κ1) is 72.6. The summed E-state index contributed by atoms with van der Waals surface area (Å²) in [4.78, 5) is 50.7. The molecule has 0 rings (SSSR count). The van der Waals surface area contributed by atoms with Gasteiger partial charge in [0.15, 0.2) is 6.10 Å². The fourth-order valence-corrected chi connectivity index (χ4v) is 9.78. The second-order valence-electron chi connectivity index (χ2n) is 22.5. The van der Waals surface area contributed by atoms with Crippen molar-refractivity contribution in [1.82, 2.24) is 0 Å². The molecule has 0 aromatic heterocycles. The van der Waals surface area contributed by atoms with Crippen LogP contribution < -0.4 is 0 Å². The molecule has 0 saturated carbocycles. The van der Waals surface area contributed by atoms with Gasteiger partial charge in [-0.05, 0) is 57.8 Å². The Morgan fingerprint density at radius 3 is 1.32 bits per heavy atom. The van der Waals surface area contributed by atoms with E-state index in [9.17, 15) is 23.8 Å². The van der Waals surface area contributed by atoms with Crippen molar-refractivity contribution in [3.05, 3.63) is 48.6 Å². The maximum atomic E-state index is 13.7. The quantitative estimate of drug-likeness (QED) is 0.0208. The maximum absolute atomic E-state index is 13.7. The van der Waals surface area contributed by atoms with Crippen molar-refractivity contribution in [3.8, 4) is 0 Å². The zero-order chi connectivity index (χ0) is 55.2. The van der Waals surface area contributed by atoms with Gasteiger partial charge in [0, 0.05) is 18.8 Å². The molecule has 0 amide bonds. The second kappa shape index (κ2) is 53.6. The number of ketones is 1. The first-order chi connectivity index (χ1) is 36.3. The zero-order valence-electron chi connectivity index (χ0n) is 49.7. The van der Waals surface area contributed by atoms with E-state index >= 15 is 0 Å². The molecular weight excluding hydrogens is 958 g/mol. The number of unbranched alkanes of at least 4 members (excludes halogenated alkanes) is 30. The second-order valence-corrected chi connectivity index (χ2v) is 23.9. The molecule has 75 heavy (non-hydrogen) atoms. The van der Waals surface area contributed by atoms with Crippen LogP contribution in [-0.2, 0) is 37.5 Å². The molecule has 0 bridgehead atoms. The van der Waals surface area contributed by atoms with Gasteiger partial charge in [-0.2, -0.15) is 0 Å². The number of allylic oxidation sites excluding steroid dienone is 8. The Balaban J connectivity index is 5.25. The van der Waals surface area contributed by atoms with Crippen molar-refractivity contribution in [2.24, 2.45) is 5.92 Å². The van der Waals surface area contributed by atoms with Gasteiger partial charge in [-0.3, -0.25) is 23.4 Å². The van der Waals surface area contributed by atoms with Crippen LogP contribution in [0.2, 0.25) is 0 Å². The fraction of sp³-hybridized carbons (Fsp3) is 0.828. The third kappa shape index (κ3) is 54.8. The number of esters is 2. The number of quaternary nitrogens is 1. The van der Waals surface area contributed by atoms with Gasteiger partial charge in [0.25, 0.3) is 0 Å². The van der Waals surface area contributed by atoms with Crippen LogP contribution in [0.1, 0.15) is 284 Å². The van der Waals surface area contributed by atoms with Gasteiger partial charge in [0.2, 0.25) is 0 Å². The highest BCUT2D eigenvalue weighted by molar-refractivity contribution is 7.47. The summed E-state index contributed by atoms with van der Waals surface area (Å²) in [6, 6.07) is 0. The number of phosphoric ester groups is 1. The third-order valence-corrected chi connectivity index (χ3v) is 14.9. The van der Waals surface area contributed by atoms with E-state index in [4.69, 9.17) is 18.5 Å². The summed E-state index contributed by atoms with van der Waals surface area (Å²) in [7, 11) is 1.34. The summed E-state index contributed by atoms with van der Waals surface area (Å²) >= 11 is 0. The van der Waals surface area contributed by atoms with E-state index in [0.29, 0.717) is 36.7 Å². The highest BCUT2D eigenvalue weighted by Crippen LogP contribution is 2.43. The molecule has 2 unspecified atom stereocenters. The smallest absolute Gasteiger partial charge is 0.462 e. The largest absolute Gasteiger partial charge is 0.472 e. The number of ether oxygens (including phenoxy) is 2. The lowest BCUT2D eigenvalue weighted by Gasteiger charge is -2.24. The van der Waals surface area contributed by atoms with Gasteiger partial charge in [-0.15, -0.1) is 0 Å². The molecular formula is C64H119NO9P+. The van der Waals surface area contributed by atoms with Crippen molar-refractivity contribution >= 4 is 25.5 Å². The molecule has 0 aromatic rings. The van der Waals surface area contributed by atoms with E-state index in [1.807, 2.05) is 27.2 Å². The van der Waals surface area contributed by atoms with Crippen molar-refractivity contribution in [1.29, 1.82) is 0 Å². The average Bonchev–Trinajstić information content (AvgIpc) is 3.37. The van der Waals surface area contributed by atoms with E-state index < -0.39 is 38.4 Å². The van der Waals surface area contributed by atoms with Crippen molar-refractivity contribution in [2.45, 2.75) is 290 Å². The number of phosphoric acid groups is 1. The van der Waals surface area contributed by atoms with Crippen LogP contribution >= 0.6 is 7.82 Å². The lowest BCUT2D eigenvalue weighted by molar-refractivity contribution is -0.870. The SMILES string of the molecule is CCCCC/C=C\C/C=C\C/C=C\C/C=C\CCCC(=O)O[C@H](COC(=O)CC(CCCCCCCCCCCCCCC)C(=O)CCCCCCCCCCCCCCCCC)COP(=O)(O)OCC[N+](C)(C)C. The summed E-state index contributed by atoms with van der Waals surface area (Å²) in [6.07, 6.45) is 61.3. The van der Waals surface area contributed by atoms with Gasteiger partial charge < -0.3 is 18.9 Å². The Labute approximate surface area is 462 Å². The first-order valence-corrected chi connectivity index (χ1v) is 32.7. The van der Waals surface area contributed by atoms with Crippen LogP contribution in [0.25, 0.3) is 0 Å². The topological polar surface area (TPSA) is 125 Å². The summed E-state index contributed by atoms with van der Waals surface area (Å²) in [6.45, 7) is 6.36. The van der Waals surface area contributed by atoms with Crippen LogP contribution in [0, 0.1) is 5.92 Å². The molecule has 0 saturated heterocycles. The highest BCUT2D eigenvalue weighted by Gasteiger charge is 2.28. The number of likely N-dealkylation sites (N-methyl/N-ethyl adjacent to an activating group) is 1. The lowest BCUT2D eigenvalue weighted by atomic mass is 9.90. The summed E-state index contributed by atoms with van der Waals surface area (Å²) in [5.41, 5.74) is 0. The summed E-state index contributed by atoms with van der Waals surface area (Å²) in [5, 5.41) is 0. The van der Waals surface area contributed by atoms with Crippen molar-refractivity contribution < 1.29 is 46.8 Å². The standard InChI is InChI=1S/C64H118NO9P/c1-7-10-13-16-19-22-25-28-30-31-33-36-39-42-45-48-51-54-63(67)74-61(59-73-75(69,70)72-56-55-65(4,5)6)58-71-64(68)57-60(52-49-46-43-40-37-34-27-24-21-18-15-12-9-3)62(66)53-50-47-44-41-38-35-32-29-26-23-20-17-14-11-8-2/h19,22,28,30,33,36,42,45,60-61H,7-18,20-21,23-27,29,31-32,34-35,37-41,43-44,46-59H2,1-6H3/p+1/b22-19-,30-28-,36-33-,45-42-/t60?,61-/m1/s1. The summed E-state index contributed by atoms with van der Waals surface area (Å²) < 4.78 is 35.2. The Morgan fingerprint density at radius 2 is 0.867 bits per heavy atom. The minimum Gasteiger partial charge on any atom is -0.462 e. The monoisotopic (exact) mass is 1080 g/mol. The van der Waals surface area contributed by atoms with E-state index in [1.165, 1.54) is 161 Å². The number of carbonyl (C=O) groups is 3. The molecule has 0 aliphatic heterocycles. The van der Waals surface area contributed by atoms with Crippen molar-refractivity contribution in [2.75, 3.05) is 47.5 Å². The molecule has 11 heteroatoms. The van der Waals surface area contributed by atoms with Crippen LogP contribution in [-0.4, -0.2) is 80.7 Å². The van der Waals surface area contributed by atoms with Crippen LogP contribution in [0.5, 0.6) is 0 Å². The van der Waals surface area contributed by atoms with E-state index in [1.54, 1.807) is 0 Å². The lowest BCUT2D eigenvalue weighted by Crippen LogP contribution is -2.37. The van der Waals surface area contributed by atoms with Gasteiger partial charge in [-0.1, -0.05) is 256 Å². The number of nitrogens with zero attached hydrogens (tertiary/aromatic N) is 1. The maximum Gasteiger partial charge on any atom is 0.472 e. The predicted octanol–water partition coefficient (Wildman–Crippen LogP) is 18.7. The van der Waals surface area contributed by atoms with Crippen molar-refractivity contribution in [3.63, 3.8) is 0 Å². The first-order valence-electron chi connectivity index (χ1n) is 31.2. The highest BCUT2D eigenvalue weighted by atomic mass is 31.2. The average molecular weight is 1080 g/mol. The third-order valence-electron chi connectivity index (χ3n) is 13.9. The predicted molar refractivity (Wildman–Crippen MR) is 317 cm³/mol. The summed E-state index contributed by atoms with van der Waals surface area (Å²) in [5.74, 6) is -1.38. The molecule has 10 nitrogen and oxygen atoms in total. The Kier molecular flexibility index (Phi) is 51.9. The van der Waals surface area contributed by atoms with Gasteiger partial charge >= 0.3 is 19.8 Å². The Hall–Kier alpha value is -2.36. The number of rotatable bonds is 57. The molecule has 0 heterocycles. The van der Waals surface area contributed by atoms with Crippen LogP contribution in [0.15, 0.2) is 48.6 Å². The van der Waals surface area contributed by atoms with E-state index in [-0.39, 0.29) is 31.8 Å². The fourth-order valence-electron chi connectivity index (χ4n) is 9.04. The zero-order valence-corrected chi connectivity index (χ0v) is 50.6. The van der Waals surface area contributed by atoms with Gasteiger partial charge in [0.1, 0.15) is 25.5 Å². The Morgan fingerprint density at radius 1 is 0.467 bits per heavy atom.